The van der Waals surface area contributed by atoms with Crippen LogP contribution in [0.1, 0.15) is 45.7 Å². The van der Waals surface area contributed by atoms with Crippen LogP contribution in [0.5, 0.6) is 11.5 Å². The first-order valence-electron chi connectivity index (χ1n) is 6.59. The summed E-state index contributed by atoms with van der Waals surface area (Å²) in [5.41, 5.74) is 7.07. The van der Waals surface area contributed by atoms with Crippen molar-refractivity contribution in [3.8, 4) is 11.5 Å². The molecular weight excluding hydrogens is 226 g/mol. The summed E-state index contributed by atoms with van der Waals surface area (Å²) in [6, 6.07) is 5.95. The van der Waals surface area contributed by atoms with E-state index in [0.29, 0.717) is 5.92 Å². The van der Waals surface area contributed by atoms with Gasteiger partial charge in [-0.2, -0.15) is 0 Å². The third-order valence-corrected chi connectivity index (χ3v) is 3.06. The zero-order valence-corrected chi connectivity index (χ0v) is 11.7. The topological polar surface area (TPSA) is 44.5 Å². The Balaban J connectivity index is 2.19. The molecule has 1 aliphatic rings. The molecular formula is C15H23NO2. The second kappa shape index (κ2) is 4.81. The number of hydrogen-bond donors (Lipinski definition) is 1. The summed E-state index contributed by atoms with van der Waals surface area (Å²) < 4.78 is 11.7. The second-order valence-electron chi connectivity index (χ2n) is 6.08. The van der Waals surface area contributed by atoms with Gasteiger partial charge in [0.15, 0.2) is 0 Å². The van der Waals surface area contributed by atoms with Crippen molar-refractivity contribution in [3.05, 3.63) is 23.8 Å². The van der Waals surface area contributed by atoms with Crippen LogP contribution >= 0.6 is 0 Å². The quantitative estimate of drug-likeness (QED) is 0.894. The lowest BCUT2D eigenvalue weighted by molar-refractivity contribution is 0.0726. The second-order valence-corrected chi connectivity index (χ2v) is 6.08. The molecule has 0 aliphatic carbocycles. The molecule has 3 heteroatoms. The fourth-order valence-electron chi connectivity index (χ4n) is 2.24. The SMILES string of the molecule is CC(C)COc1ccc2c(c1)C(N)CC(C)(C)O2. The van der Waals surface area contributed by atoms with Gasteiger partial charge in [-0.25, -0.2) is 0 Å². The van der Waals surface area contributed by atoms with Gasteiger partial charge in [-0.05, 0) is 38.0 Å². The molecule has 0 saturated carbocycles. The van der Waals surface area contributed by atoms with Crippen LogP contribution in [0.3, 0.4) is 0 Å². The molecule has 0 fully saturated rings. The van der Waals surface area contributed by atoms with Gasteiger partial charge in [0.2, 0.25) is 0 Å². The molecule has 0 aromatic heterocycles. The van der Waals surface area contributed by atoms with E-state index >= 15 is 0 Å². The summed E-state index contributed by atoms with van der Waals surface area (Å²) in [6.45, 7) is 9.13. The number of benzene rings is 1. The minimum Gasteiger partial charge on any atom is -0.493 e. The lowest BCUT2D eigenvalue weighted by Gasteiger charge is -2.36. The maximum Gasteiger partial charge on any atom is 0.125 e. The Labute approximate surface area is 109 Å². The Hall–Kier alpha value is -1.22. The minimum absolute atomic E-state index is 0.0198. The van der Waals surface area contributed by atoms with Gasteiger partial charge in [-0.15, -0.1) is 0 Å². The summed E-state index contributed by atoms with van der Waals surface area (Å²) in [4.78, 5) is 0. The van der Waals surface area contributed by atoms with Crippen LogP contribution in [0.25, 0.3) is 0 Å². The van der Waals surface area contributed by atoms with Gasteiger partial charge in [-0.3, -0.25) is 0 Å². The van der Waals surface area contributed by atoms with Crippen LogP contribution in [0.2, 0.25) is 0 Å². The third-order valence-electron chi connectivity index (χ3n) is 3.06. The molecule has 0 bridgehead atoms. The highest BCUT2D eigenvalue weighted by Crippen LogP contribution is 2.39. The Morgan fingerprint density at radius 3 is 2.83 bits per heavy atom. The van der Waals surface area contributed by atoms with Crippen molar-refractivity contribution in [1.82, 2.24) is 0 Å². The van der Waals surface area contributed by atoms with E-state index in [9.17, 15) is 0 Å². The molecule has 2 rings (SSSR count). The molecule has 2 N–H and O–H groups in total. The lowest BCUT2D eigenvalue weighted by Crippen LogP contribution is -2.37. The number of nitrogens with two attached hydrogens (primary N) is 1. The maximum absolute atomic E-state index is 6.21. The normalized spacial score (nSPS) is 21.3. The fraction of sp³-hybridized carbons (Fsp3) is 0.600. The van der Waals surface area contributed by atoms with E-state index in [1.807, 2.05) is 18.2 Å². The molecule has 0 saturated heterocycles. The molecule has 1 aliphatic heterocycles. The third kappa shape index (κ3) is 2.96. The average Bonchev–Trinajstić information content (AvgIpc) is 2.25. The van der Waals surface area contributed by atoms with Crippen LogP contribution in [-0.4, -0.2) is 12.2 Å². The van der Waals surface area contributed by atoms with Gasteiger partial charge in [0, 0.05) is 18.0 Å². The van der Waals surface area contributed by atoms with Crippen LogP contribution in [0.15, 0.2) is 18.2 Å². The van der Waals surface area contributed by atoms with Crippen molar-refractivity contribution < 1.29 is 9.47 Å². The zero-order chi connectivity index (χ0) is 13.3. The number of fused-ring (bicyclic) bond motifs is 1. The van der Waals surface area contributed by atoms with Crippen LogP contribution in [0.4, 0.5) is 0 Å². The molecule has 1 heterocycles. The molecule has 0 radical (unpaired) electrons. The summed E-state index contributed by atoms with van der Waals surface area (Å²) in [5.74, 6) is 2.28. The molecule has 0 spiro atoms. The first kappa shape index (κ1) is 13.2. The average molecular weight is 249 g/mol. The summed E-state index contributed by atoms with van der Waals surface area (Å²) in [5, 5.41) is 0. The highest BCUT2D eigenvalue weighted by atomic mass is 16.5. The Kier molecular flexibility index (Phi) is 3.53. The lowest BCUT2D eigenvalue weighted by atomic mass is 9.90. The highest BCUT2D eigenvalue weighted by Gasteiger charge is 2.31. The summed E-state index contributed by atoms with van der Waals surface area (Å²) >= 11 is 0. The fourth-order valence-corrected chi connectivity index (χ4v) is 2.24. The number of ether oxygens (including phenoxy) is 2. The number of rotatable bonds is 3. The largest absolute Gasteiger partial charge is 0.493 e. The predicted molar refractivity (Wildman–Crippen MR) is 73.0 cm³/mol. The van der Waals surface area contributed by atoms with E-state index < -0.39 is 0 Å². The molecule has 1 atom stereocenters. The van der Waals surface area contributed by atoms with Crippen molar-refractivity contribution >= 4 is 0 Å². The standard InChI is InChI=1S/C15H23NO2/c1-10(2)9-17-11-5-6-14-12(7-11)13(16)8-15(3,4)18-14/h5-7,10,13H,8-9,16H2,1-4H3. The Bertz CT molecular complexity index is 427. The van der Waals surface area contributed by atoms with Crippen molar-refractivity contribution in [2.24, 2.45) is 11.7 Å². The van der Waals surface area contributed by atoms with Crippen molar-refractivity contribution in [2.45, 2.75) is 45.8 Å². The highest BCUT2D eigenvalue weighted by molar-refractivity contribution is 5.44. The summed E-state index contributed by atoms with van der Waals surface area (Å²) in [6.07, 6.45) is 0.827. The van der Waals surface area contributed by atoms with E-state index in [2.05, 4.69) is 27.7 Å². The van der Waals surface area contributed by atoms with Crippen LogP contribution in [0, 0.1) is 5.92 Å². The van der Waals surface area contributed by atoms with Gasteiger partial charge < -0.3 is 15.2 Å². The van der Waals surface area contributed by atoms with Gasteiger partial charge in [0.1, 0.15) is 17.1 Å². The van der Waals surface area contributed by atoms with E-state index in [1.165, 1.54) is 0 Å². The molecule has 1 aromatic rings. The Morgan fingerprint density at radius 2 is 2.17 bits per heavy atom. The number of hydrogen-bond acceptors (Lipinski definition) is 3. The van der Waals surface area contributed by atoms with Crippen LogP contribution < -0.4 is 15.2 Å². The molecule has 1 unspecified atom stereocenters. The minimum atomic E-state index is -0.188. The Morgan fingerprint density at radius 1 is 1.44 bits per heavy atom. The molecule has 3 nitrogen and oxygen atoms in total. The summed E-state index contributed by atoms with van der Waals surface area (Å²) in [7, 11) is 0. The molecule has 100 valence electrons. The smallest absolute Gasteiger partial charge is 0.125 e. The van der Waals surface area contributed by atoms with E-state index in [4.69, 9.17) is 15.2 Å². The van der Waals surface area contributed by atoms with Crippen molar-refractivity contribution in [3.63, 3.8) is 0 Å². The van der Waals surface area contributed by atoms with Gasteiger partial charge in [0.25, 0.3) is 0 Å². The van der Waals surface area contributed by atoms with E-state index in [-0.39, 0.29) is 11.6 Å². The molecule has 18 heavy (non-hydrogen) atoms. The van der Waals surface area contributed by atoms with Crippen LogP contribution in [-0.2, 0) is 0 Å². The first-order chi connectivity index (χ1) is 8.37. The molecule has 1 aromatic carbocycles. The molecule has 0 amide bonds. The zero-order valence-electron chi connectivity index (χ0n) is 11.7. The maximum atomic E-state index is 6.21. The first-order valence-corrected chi connectivity index (χ1v) is 6.59. The van der Waals surface area contributed by atoms with Crippen molar-refractivity contribution in [2.75, 3.05) is 6.61 Å². The predicted octanol–water partition coefficient (Wildman–Crippen LogP) is 3.28. The van der Waals surface area contributed by atoms with Gasteiger partial charge >= 0.3 is 0 Å². The van der Waals surface area contributed by atoms with Gasteiger partial charge in [0.05, 0.1) is 6.61 Å². The van der Waals surface area contributed by atoms with E-state index in [1.54, 1.807) is 0 Å². The van der Waals surface area contributed by atoms with E-state index in [0.717, 1.165) is 30.1 Å². The van der Waals surface area contributed by atoms with Crippen molar-refractivity contribution in [1.29, 1.82) is 0 Å². The van der Waals surface area contributed by atoms with Gasteiger partial charge in [-0.1, -0.05) is 13.8 Å². The monoisotopic (exact) mass is 249 g/mol.